The van der Waals surface area contributed by atoms with Crippen molar-refractivity contribution in [1.82, 2.24) is 9.80 Å². The first-order chi connectivity index (χ1) is 13.2. The van der Waals surface area contributed by atoms with Crippen molar-refractivity contribution in [2.75, 3.05) is 28.2 Å². The molecule has 0 aromatic heterocycles. The molecule has 2 rings (SSSR count). The van der Waals surface area contributed by atoms with Crippen LogP contribution in [0.25, 0.3) is 0 Å². The number of rotatable bonds is 9. The van der Waals surface area contributed by atoms with Crippen molar-refractivity contribution in [3.8, 4) is 0 Å². The van der Waals surface area contributed by atoms with Crippen molar-refractivity contribution in [1.29, 1.82) is 0 Å². The van der Waals surface area contributed by atoms with Gasteiger partial charge < -0.3 is 0 Å². The Labute approximate surface area is 184 Å². The molecule has 0 saturated carbocycles. The zero-order chi connectivity index (χ0) is 20.8. The van der Waals surface area contributed by atoms with Crippen LogP contribution >= 0.6 is 0 Å². The summed E-state index contributed by atoms with van der Waals surface area (Å²) in [6.45, 7) is 9.33. The Morgan fingerprint density at radius 1 is 0.571 bits per heavy atom. The molecule has 0 heterocycles. The Kier molecular flexibility index (Phi) is 9.28. The van der Waals surface area contributed by atoms with Gasteiger partial charge in [0.1, 0.15) is 0 Å². The monoisotopic (exact) mass is 512 g/mol. The Balaban J connectivity index is 2.32. The first-order valence-corrected chi connectivity index (χ1v) is 16.1. The van der Waals surface area contributed by atoms with Crippen LogP contribution in [0.5, 0.6) is 0 Å². The molecule has 154 valence electrons. The number of benzene rings is 2. The topological polar surface area (TPSA) is 6.48 Å². The van der Waals surface area contributed by atoms with Crippen molar-refractivity contribution >= 4 is 35.2 Å². The molecule has 0 aliphatic carbocycles. The fourth-order valence-corrected chi connectivity index (χ4v) is 11.6. The van der Waals surface area contributed by atoms with E-state index in [1.807, 2.05) is 0 Å². The molecule has 0 saturated heterocycles. The van der Waals surface area contributed by atoms with Crippen LogP contribution in [0.4, 0.5) is 0 Å². The van der Waals surface area contributed by atoms with Crippen molar-refractivity contribution in [2.24, 2.45) is 11.8 Å². The number of nitrogens with zero attached hydrogens (tertiary/aromatic N) is 2. The second-order valence-corrected chi connectivity index (χ2v) is 14.7. The van der Waals surface area contributed by atoms with E-state index in [1.54, 1.807) is 8.92 Å². The van der Waals surface area contributed by atoms with Gasteiger partial charge in [0.25, 0.3) is 0 Å². The van der Waals surface area contributed by atoms with Crippen LogP contribution in [-0.2, 0) is 0 Å². The summed E-state index contributed by atoms with van der Waals surface area (Å²) >= 11 is 0.966. The number of hydrogen-bond donors (Lipinski definition) is 0. The predicted octanol–water partition coefficient (Wildman–Crippen LogP) is 3.48. The average Bonchev–Trinajstić information content (AvgIpc) is 2.61. The minimum absolute atomic E-state index is 0.481. The first-order valence-electron chi connectivity index (χ1n) is 10.1. The Bertz CT molecular complexity index is 661. The van der Waals surface area contributed by atoms with Crippen LogP contribution in [0.15, 0.2) is 48.5 Å². The molecule has 0 radical (unpaired) electrons. The molecular weight excluding hydrogens is 474 g/mol. The van der Waals surface area contributed by atoms with E-state index in [1.165, 1.54) is 11.1 Å². The first kappa shape index (κ1) is 23.7. The molecular formula is C24H36N2Se2. The summed E-state index contributed by atoms with van der Waals surface area (Å²) in [6.07, 6.45) is 0. The van der Waals surface area contributed by atoms with Gasteiger partial charge in [-0.25, -0.2) is 0 Å². The summed E-state index contributed by atoms with van der Waals surface area (Å²) in [5.41, 5.74) is 3.05. The van der Waals surface area contributed by atoms with Gasteiger partial charge in [-0.15, -0.1) is 0 Å². The normalized spacial score (nSPS) is 14.3. The maximum absolute atomic E-state index is 2.38. The van der Waals surface area contributed by atoms with Crippen LogP contribution < -0.4 is 8.92 Å². The molecule has 2 atom stereocenters. The molecule has 0 N–H and O–H groups in total. The summed E-state index contributed by atoms with van der Waals surface area (Å²) in [7, 11) is 8.83. The van der Waals surface area contributed by atoms with Crippen LogP contribution in [0.3, 0.4) is 0 Å². The summed E-state index contributed by atoms with van der Waals surface area (Å²) in [6, 6.07) is 19.2. The molecule has 0 aliphatic rings. The van der Waals surface area contributed by atoms with Crippen LogP contribution in [-0.4, -0.2) is 64.3 Å². The van der Waals surface area contributed by atoms with Gasteiger partial charge in [-0.2, -0.15) is 0 Å². The zero-order valence-corrected chi connectivity index (χ0v) is 22.1. The van der Waals surface area contributed by atoms with E-state index < -0.39 is 0 Å². The third kappa shape index (κ3) is 5.95. The van der Waals surface area contributed by atoms with Gasteiger partial charge in [0.15, 0.2) is 0 Å². The molecule has 4 heteroatoms. The van der Waals surface area contributed by atoms with E-state index in [9.17, 15) is 0 Å². The Morgan fingerprint density at radius 2 is 0.893 bits per heavy atom. The van der Waals surface area contributed by atoms with Gasteiger partial charge in [0.2, 0.25) is 0 Å². The van der Waals surface area contributed by atoms with Gasteiger partial charge in [-0.1, -0.05) is 0 Å². The number of hydrogen-bond acceptors (Lipinski definition) is 2. The van der Waals surface area contributed by atoms with Crippen molar-refractivity contribution in [2.45, 2.75) is 39.8 Å². The average molecular weight is 510 g/mol. The molecule has 0 aliphatic heterocycles. The quantitative estimate of drug-likeness (QED) is 0.477. The van der Waals surface area contributed by atoms with E-state index in [2.05, 4.69) is 114 Å². The molecule has 2 aromatic carbocycles. The molecule has 0 fully saturated rings. The SMILES string of the molecule is CC(C)C(c1ccccc1[Se][Se]c1ccccc1C(C(C)C)N(C)C)N(C)C. The Morgan fingerprint density at radius 3 is 1.18 bits per heavy atom. The van der Waals surface area contributed by atoms with Gasteiger partial charge in [0.05, 0.1) is 0 Å². The maximum atomic E-state index is 2.38. The van der Waals surface area contributed by atoms with Gasteiger partial charge >= 0.3 is 184 Å². The molecule has 2 unspecified atom stereocenters. The molecule has 28 heavy (non-hydrogen) atoms. The third-order valence-electron chi connectivity index (χ3n) is 5.07. The minimum atomic E-state index is 0.481. The van der Waals surface area contributed by atoms with E-state index >= 15 is 0 Å². The Hall–Kier alpha value is -0.601. The van der Waals surface area contributed by atoms with E-state index in [4.69, 9.17) is 0 Å². The second kappa shape index (κ2) is 11.0. The summed E-state index contributed by atoms with van der Waals surface area (Å²) < 4.78 is 3.14. The van der Waals surface area contributed by atoms with Crippen LogP contribution in [0, 0.1) is 11.8 Å². The molecule has 0 amide bonds. The fraction of sp³-hybridized carbons (Fsp3) is 0.500. The molecule has 2 aromatic rings. The fourth-order valence-electron chi connectivity index (χ4n) is 4.16. The predicted molar refractivity (Wildman–Crippen MR) is 126 cm³/mol. The summed E-state index contributed by atoms with van der Waals surface area (Å²) in [4.78, 5) is 4.75. The van der Waals surface area contributed by atoms with Crippen molar-refractivity contribution < 1.29 is 0 Å². The van der Waals surface area contributed by atoms with Gasteiger partial charge in [0, 0.05) is 0 Å². The van der Waals surface area contributed by atoms with Gasteiger partial charge in [-0.3, -0.25) is 0 Å². The standard InChI is InChI=1S/C24H36N2Se2/c1-17(2)23(25(5)6)19-13-9-11-15-21(19)27-28-22-16-12-10-14-20(22)24(18(3)4)26(7)8/h9-18,23-24H,1-8H3. The third-order valence-corrected chi connectivity index (χ3v) is 12.4. The second-order valence-electron chi connectivity index (χ2n) is 8.55. The van der Waals surface area contributed by atoms with Gasteiger partial charge in [-0.05, 0) is 0 Å². The summed E-state index contributed by atoms with van der Waals surface area (Å²) in [5.74, 6) is 1.21. The molecule has 0 bridgehead atoms. The molecule has 2 nitrogen and oxygen atoms in total. The van der Waals surface area contributed by atoms with E-state index in [0.717, 1.165) is 0 Å². The van der Waals surface area contributed by atoms with Crippen molar-refractivity contribution in [3.05, 3.63) is 59.7 Å². The van der Waals surface area contributed by atoms with Crippen molar-refractivity contribution in [3.63, 3.8) is 0 Å². The molecule has 0 spiro atoms. The van der Waals surface area contributed by atoms with E-state index in [-0.39, 0.29) is 0 Å². The summed E-state index contributed by atoms with van der Waals surface area (Å²) in [5, 5.41) is 0. The van der Waals surface area contributed by atoms with Crippen LogP contribution in [0.2, 0.25) is 0 Å². The van der Waals surface area contributed by atoms with Crippen LogP contribution in [0.1, 0.15) is 50.9 Å². The zero-order valence-electron chi connectivity index (χ0n) is 18.6. The van der Waals surface area contributed by atoms with E-state index in [0.29, 0.717) is 50.2 Å².